The number of carbonyl (C=O) groups excluding carboxylic acids is 4. The van der Waals surface area contributed by atoms with Crippen LogP contribution in [0.1, 0.15) is 108 Å². The molecule has 0 radical (unpaired) electrons. The molecule has 3 aromatic heterocycles. The molecule has 7 rings (SSSR count). The van der Waals surface area contributed by atoms with Crippen molar-refractivity contribution in [2.75, 3.05) is 27.3 Å². The smallest absolute Gasteiger partial charge is 0.407 e. The molecule has 2 aliphatic heterocycles. The highest BCUT2D eigenvalue weighted by Gasteiger charge is 2.39. The number of hydrogen-bond donors (Lipinski definition) is 5. The Morgan fingerprint density at radius 1 is 0.714 bits per heavy atom. The molecule has 0 aliphatic carbocycles. The first-order chi connectivity index (χ1) is 30.1. The van der Waals surface area contributed by atoms with Crippen LogP contribution in [-0.2, 0) is 19.1 Å². The average Bonchev–Trinajstić information content (AvgIpc) is 4.11. The van der Waals surface area contributed by atoms with Crippen molar-refractivity contribution < 1.29 is 28.7 Å². The van der Waals surface area contributed by atoms with E-state index in [1.54, 1.807) is 0 Å². The lowest BCUT2D eigenvalue weighted by Gasteiger charge is -2.30. The predicted molar refractivity (Wildman–Crippen MR) is 243 cm³/mol. The van der Waals surface area contributed by atoms with Gasteiger partial charge in [0.25, 0.3) is 0 Å². The largest absolute Gasteiger partial charge is 0.453 e. The van der Waals surface area contributed by atoms with Gasteiger partial charge in [-0.2, -0.15) is 0 Å². The number of aromatic amines is 3. The maximum absolute atomic E-state index is 13.8. The monoisotopic (exact) mass is 859 g/mol. The Bertz CT molecular complexity index is 2540. The number of alkyl carbamates (subject to hydrolysis) is 2. The molecule has 334 valence electrons. The number of nitrogens with one attached hydrogen (secondary N) is 5. The first-order valence-corrected chi connectivity index (χ1v) is 21.9. The SMILES string of the molecule is COC(=O)N[C@H](C(=O)N1CCC[C@H]1c1ncc(-c2ccc(-c3ccc(-c4cnc([C@@H]5CCCN5C(=O)[C@@H](NC(=O)OC)C(C)C)[nH]4)c4[nH]c(C)cc34)c(C)c2C=C(C)C)[nH]1)C(C)C. The number of ether oxygens (including phenoxy) is 2. The molecule has 5 heterocycles. The fourth-order valence-electron chi connectivity index (χ4n) is 9.21. The van der Waals surface area contributed by atoms with Crippen molar-refractivity contribution in [3.05, 3.63) is 76.8 Å². The number of benzene rings is 2. The van der Waals surface area contributed by atoms with Gasteiger partial charge in [-0.15, -0.1) is 0 Å². The van der Waals surface area contributed by atoms with Gasteiger partial charge in [0, 0.05) is 35.3 Å². The number of carbonyl (C=O) groups is 4. The molecule has 2 aromatic carbocycles. The summed E-state index contributed by atoms with van der Waals surface area (Å²) in [6.45, 7) is 17.2. The van der Waals surface area contributed by atoms with Crippen molar-refractivity contribution in [2.24, 2.45) is 11.8 Å². The number of imidazole rings is 2. The van der Waals surface area contributed by atoms with Gasteiger partial charge in [0.2, 0.25) is 11.8 Å². The molecule has 0 bridgehead atoms. The zero-order chi connectivity index (χ0) is 45.3. The maximum atomic E-state index is 13.8. The van der Waals surface area contributed by atoms with Gasteiger partial charge in [0.1, 0.15) is 23.7 Å². The van der Waals surface area contributed by atoms with Gasteiger partial charge in [0.05, 0.1) is 55.6 Å². The lowest BCUT2D eigenvalue weighted by Crippen LogP contribution is -2.51. The highest BCUT2D eigenvalue weighted by atomic mass is 16.5. The Morgan fingerprint density at radius 2 is 1.19 bits per heavy atom. The van der Waals surface area contributed by atoms with Gasteiger partial charge < -0.3 is 44.9 Å². The number of rotatable bonds is 12. The number of amides is 4. The number of H-pyrrole nitrogens is 3. The van der Waals surface area contributed by atoms with Gasteiger partial charge in [-0.1, -0.05) is 63.6 Å². The minimum absolute atomic E-state index is 0.126. The minimum atomic E-state index is -0.713. The Labute approximate surface area is 368 Å². The number of likely N-dealkylation sites (tertiary alicyclic amines) is 2. The molecule has 2 aliphatic rings. The molecule has 2 fully saturated rings. The minimum Gasteiger partial charge on any atom is -0.453 e. The molecule has 5 N–H and O–H groups in total. The van der Waals surface area contributed by atoms with Crippen LogP contribution in [0.15, 0.2) is 48.3 Å². The summed E-state index contributed by atoms with van der Waals surface area (Å²) in [6, 6.07) is 8.84. The lowest BCUT2D eigenvalue weighted by molar-refractivity contribution is -0.136. The summed E-state index contributed by atoms with van der Waals surface area (Å²) in [4.78, 5) is 75.9. The third kappa shape index (κ3) is 8.96. The summed E-state index contributed by atoms with van der Waals surface area (Å²) in [7, 11) is 2.59. The van der Waals surface area contributed by atoms with Gasteiger partial charge in [-0.25, -0.2) is 19.6 Å². The van der Waals surface area contributed by atoms with E-state index in [1.807, 2.05) is 49.9 Å². The standard InChI is InChI=1S/C48H61N9O6/c1-25(2)21-34-29(8)30(15-17-32(34)36-23-49-43(52-36)38-13-11-19-56(38)45(58)40(26(3)4)54-47(60)62-9)31-16-18-33(42-35(31)22-28(7)51-42)37-24-50-44(53-37)39-14-12-20-57(39)46(59)41(27(5)6)55-48(61)63-10/h15-18,21-24,26-27,38-41,51H,11-14,19-20H2,1-10H3,(H,49,52)(H,50,53)(H,54,60)(H,55,61)/t38-,39-,40-,41-/m0/s1. The third-order valence-electron chi connectivity index (χ3n) is 12.4. The van der Waals surface area contributed by atoms with Crippen LogP contribution >= 0.6 is 0 Å². The molecular formula is C48H61N9O6. The van der Waals surface area contributed by atoms with E-state index in [9.17, 15) is 19.2 Å². The molecule has 2 saturated heterocycles. The molecule has 63 heavy (non-hydrogen) atoms. The van der Waals surface area contributed by atoms with Crippen molar-refractivity contribution in [1.82, 2.24) is 45.4 Å². The second-order valence-electron chi connectivity index (χ2n) is 17.8. The van der Waals surface area contributed by atoms with Crippen molar-refractivity contribution in [3.63, 3.8) is 0 Å². The zero-order valence-electron chi connectivity index (χ0n) is 38.1. The van der Waals surface area contributed by atoms with Crippen molar-refractivity contribution in [3.8, 4) is 33.6 Å². The van der Waals surface area contributed by atoms with E-state index in [-0.39, 0.29) is 35.7 Å². The summed E-state index contributed by atoms with van der Waals surface area (Å²) >= 11 is 0. The number of allylic oxidation sites excluding steroid dienone is 1. The summed E-state index contributed by atoms with van der Waals surface area (Å²) in [5.74, 6) is 0.871. The molecule has 4 atom stereocenters. The van der Waals surface area contributed by atoms with Gasteiger partial charge in [-0.05, 0) is 93.5 Å². The third-order valence-corrected chi connectivity index (χ3v) is 12.4. The van der Waals surface area contributed by atoms with Crippen LogP contribution in [-0.4, -0.2) is 98.1 Å². The van der Waals surface area contributed by atoms with E-state index in [1.165, 1.54) is 14.2 Å². The van der Waals surface area contributed by atoms with Gasteiger partial charge in [-0.3, -0.25) is 9.59 Å². The van der Waals surface area contributed by atoms with Crippen LogP contribution in [0, 0.1) is 25.7 Å². The molecule has 0 unspecified atom stereocenters. The maximum Gasteiger partial charge on any atom is 0.407 e. The molecule has 0 spiro atoms. The van der Waals surface area contributed by atoms with Crippen molar-refractivity contribution in [2.45, 2.75) is 105 Å². The molecule has 5 aromatic rings. The Balaban J connectivity index is 1.19. The number of nitrogens with zero attached hydrogens (tertiary/aromatic N) is 4. The normalized spacial score (nSPS) is 17.3. The number of fused-ring (bicyclic) bond motifs is 1. The Hall–Kier alpha value is -6.38. The van der Waals surface area contributed by atoms with Crippen molar-refractivity contribution in [1.29, 1.82) is 0 Å². The van der Waals surface area contributed by atoms with E-state index in [0.29, 0.717) is 24.7 Å². The number of methoxy groups -OCH3 is 2. The first kappa shape index (κ1) is 44.7. The van der Waals surface area contributed by atoms with Crippen molar-refractivity contribution >= 4 is 41.0 Å². The van der Waals surface area contributed by atoms with Crippen LogP contribution in [0.25, 0.3) is 50.6 Å². The molecular weight excluding hydrogens is 799 g/mol. The summed E-state index contributed by atoms with van der Waals surface area (Å²) < 4.78 is 9.62. The fraction of sp³-hybridized carbons (Fsp3) is 0.458. The van der Waals surface area contributed by atoms with Crippen LogP contribution in [0.5, 0.6) is 0 Å². The molecule has 15 heteroatoms. The predicted octanol–water partition coefficient (Wildman–Crippen LogP) is 8.74. The van der Waals surface area contributed by atoms with Gasteiger partial charge >= 0.3 is 12.2 Å². The van der Waals surface area contributed by atoms with E-state index in [4.69, 9.17) is 19.4 Å². The highest BCUT2D eigenvalue weighted by molar-refractivity contribution is 6.04. The van der Waals surface area contributed by atoms with Gasteiger partial charge in [0.15, 0.2) is 0 Å². The Kier molecular flexibility index (Phi) is 13.1. The summed E-state index contributed by atoms with van der Waals surface area (Å²) in [5.41, 5.74) is 11.2. The van der Waals surface area contributed by atoms with E-state index >= 15 is 0 Å². The number of aromatic nitrogens is 5. The number of aryl methyl sites for hydroxylation is 1. The highest BCUT2D eigenvalue weighted by Crippen LogP contribution is 2.41. The quantitative estimate of drug-likeness (QED) is 0.0823. The lowest BCUT2D eigenvalue weighted by atomic mass is 9.89. The molecule has 4 amide bonds. The molecule has 15 nitrogen and oxygen atoms in total. The van der Waals surface area contributed by atoms with Crippen LogP contribution in [0.4, 0.5) is 9.59 Å². The topological polar surface area (TPSA) is 190 Å². The summed E-state index contributed by atoms with van der Waals surface area (Å²) in [5, 5.41) is 6.52. The Morgan fingerprint density at radius 3 is 1.68 bits per heavy atom. The second kappa shape index (κ2) is 18.5. The van der Waals surface area contributed by atoms with E-state index in [0.717, 1.165) is 92.6 Å². The number of hydrogen-bond acceptors (Lipinski definition) is 8. The van der Waals surface area contributed by atoms with E-state index in [2.05, 4.69) is 89.7 Å². The summed E-state index contributed by atoms with van der Waals surface area (Å²) in [6.07, 6.45) is 7.81. The zero-order valence-corrected chi connectivity index (χ0v) is 38.1. The second-order valence-corrected chi connectivity index (χ2v) is 17.8. The van der Waals surface area contributed by atoms with Crippen LogP contribution < -0.4 is 10.6 Å². The fourth-order valence-corrected chi connectivity index (χ4v) is 9.21. The van der Waals surface area contributed by atoms with Crippen LogP contribution in [0.2, 0.25) is 0 Å². The van der Waals surface area contributed by atoms with Crippen LogP contribution in [0.3, 0.4) is 0 Å². The average molecular weight is 860 g/mol. The first-order valence-electron chi connectivity index (χ1n) is 21.9. The van der Waals surface area contributed by atoms with E-state index < -0.39 is 24.3 Å². The molecule has 0 saturated carbocycles.